The molecule has 32 heavy (non-hydrogen) atoms. The van der Waals surface area contributed by atoms with Crippen molar-refractivity contribution in [2.75, 3.05) is 5.32 Å². The third-order valence-electron chi connectivity index (χ3n) is 4.77. The molecule has 3 rings (SSSR count). The lowest BCUT2D eigenvalue weighted by molar-refractivity contribution is -0.113. The van der Waals surface area contributed by atoms with Gasteiger partial charge in [0.15, 0.2) is 0 Å². The Morgan fingerprint density at radius 1 is 0.938 bits per heavy atom. The van der Waals surface area contributed by atoms with E-state index in [1.165, 1.54) is 0 Å². The standard InChI is InChI=1S/C26H24BrClN2O2/c1-26(2,3)19-11-9-18(10-12-19)24(31)30-23(15-17-7-13-20(27)14-8-17)25(32)29-22-6-4-5-21(28)16-22/h4-16H,1-3H3,(H,29,32)(H,30,31)/b23-15+. The molecule has 0 radical (unpaired) electrons. The van der Waals surface area contributed by atoms with E-state index in [1.54, 1.807) is 42.5 Å². The molecule has 2 amide bonds. The molecule has 0 spiro atoms. The van der Waals surface area contributed by atoms with Crippen LogP contribution >= 0.6 is 27.5 Å². The number of benzene rings is 3. The van der Waals surface area contributed by atoms with E-state index in [2.05, 4.69) is 47.3 Å². The van der Waals surface area contributed by atoms with E-state index in [0.29, 0.717) is 16.3 Å². The maximum atomic E-state index is 13.0. The van der Waals surface area contributed by atoms with Gasteiger partial charge in [-0.15, -0.1) is 0 Å². The summed E-state index contributed by atoms with van der Waals surface area (Å²) >= 11 is 9.42. The second-order valence-electron chi connectivity index (χ2n) is 8.36. The fraction of sp³-hybridized carbons (Fsp3) is 0.154. The smallest absolute Gasteiger partial charge is 0.272 e. The Morgan fingerprint density at radius 2 is 1.59 bits per heavy atom. The Balaban J connectivity index is 1.87. The summed E-state index contributed by atoms with van der Waals surface area (Å²) in [5, 5.41) is 6.04. The molecule has 2 N–H and O–H groups in total. The lowest BCUT2D eigenvalue weighted by Crippen LogP contribution is -2.30. The molecule has 0 fully saturated rings. The Kier molecular flexibility index (Phi) is 7.54. The Labute approximate surface area is 201 Å². The van der Waals surface area contributed by atoms with Gasteiger partial charge in [-0.3, -0.25) is 9.59 Å². The van der Waals surface area contributed by atoms with Crippen molar-refractivity contribution in [2.24, 2.45) is 0 Å². The number of carbonyl (C=O) groups is 2. The van der Waals surface area contributed by atoms with Gasteiger partial charge in [-0.25, -0.2) is 0 Å². The average Bonchev–Trinajstić information content (AvgIpc) is 2.74. The molecule has 0 atom stereocenters. The van der Waals surface area contributed by atoms with Crippen LogP contribution in [0.4, 0.5) is 5.69 Å². The fourth-order valence-electron chi connectivity index (χ4n) is 2.96. The van der Waals surface area contributed by atoms with E-state index in [-0.39, 0.29) is 17.0 Å². The van der Waals surface area contributed by atoms with E-state index >= 15 is 0 Å². The van der Waals surface area contributed by atoms with Crippen LogP contribution in [0, 0.1) is 0 Å². The van der Waals surface area contributed by atoms with Crippen LogP contribution in [0.25, 0.3) is 6.08 Å². The monoisotopic (exact) mass is 510 g/mol. The van der Waals surface area contributed by atoms with Gasteiger partial charge in [0.1, 0.15) is 5.70 Å². The molecule has 6 heteroatoms. The lowest BCUT2D eigenvalue weighted by Gasteiger charge is -2.19. The molecule has 0 unspecified atom stereocenters. The number of hydrogen-bond donors (Lipinski definition) is 2. The summed E-state index contributed by atoms with van der Waals surface area (Å²) in [6, 6.07) is 21.7. The van der Waals surface area contributed by atoms with Crippen molar-refractivity contribution in [3.05, 3.63) is 105 Å². The third kappa shape index (κ3) is 6.55. The first-order valence-electron chi connectivity index (χ1n) is 10.1. The first kappa shape index (κ1) is 23.8. The summed E-state index contributed by atoms with van der Waals surface area (Å²) in [5.74, 6) is -0.815. The Hall–Kier alpha value is -2.89. The quantitative estimate of drug-likeness (QED) is 0.370. The molecule has 0 saturated heterocycles. The van der Waals surface area contributed by atoms with Gasteiger partial charge >= 0.3 is 0 Å². The first-order chi connectivity index (χ1) is 15.1. The van der Waals surface area contributed by atoms with E-state index < -0.39 is 5.91 Å². The lowest BCUT2D eigenvalue weighted by atomic mass is 9.87. The van der Waals surface area contributed by atoms with Gasteiger partial charge in [0.2, 0.25) is 0 Å². The molecule has 0 aromatic heterocycles. The highest BCUT2D eigenvalue weighted by Crippen LogP contribution is 2.22. The molecule has 0 aliphatic carbocycles. The molecule has 0 bridgehead atoms. The van der Waals surface area contributed by atoms with Crippen molar-refractivity contribution in [3.8, 4) is 0 Å². The minimum atomic E-state index is -0.449. The van der Waals surface area contributed by atoms with Crippen LogP contribution < -0.4 is 10.6 Å². The van der Waals surface area contributed by atoms with Crippen molar-refractivity contribution in [3.63, 3.8) is 0 Å². The first-order valence-corrected chi connectivity index (χ1v) is 11.2. The van der Waals surface area contributed by atoms with E-state index in [9.17, 15) is 9.59 Å². The molecule has 0 heterocycles. The molecule has 3 aromatic carbocycles. The number of amides is 2. The summed E-state index contributed by atoms with van der Waals surface area (Å²) in [5.41, 5.74) is 3.00. The zero-order valence-electron chi connectivity index (χ0n) is 18.1. The van der Waals surface area contributed by atoms with Gasteiger partial charge in [-0.2, -0.15) is 0 Å². The topological polar surface area (TPSA) is 58.2 Å². The molecule has 4 nitrogen and oxygen atoms in total. The van der Waals surface area contributed by atoms with Gasteiger partial charge in [0.05, 0.1) is 0 Å². The van der Waals surface area contributed by atoms with Gasteiger partial charge < -0.3 is 10.6 Å². The van der Waals surface area contributed by atoms with Gasteiger partial charge in [0, 0.05) is 20.7 Å². The fourth-order valence-corrected chi connectivity index (χ4v) is 3.42. The van der Waals surface area contributed by atoms with Crippen molar-refractivity contribution in [2.45, 2.75) is 26.2 Å². The minimum absolute atomic E-state index is 0.0154. The van der Waals surface area contributed by atoms with Crippen molar-refractivity contribution < 1.29 is 9.59 Å². The van der Waals surface area contributed by atoms with Crippen LogP contribution in [0.2, 0.25) is 5.02 Å². The second-order valence-corrected chi connectivity index (χ2v) is 9.71. The molecule has 0 aliphatic heterocycles. The summed E-state index contributed by atoms with van der Waals surface area (Å²) in [6.07, 6.45) is 1.63. The predicted molar refractivity (Wildman–Crippen MR) is 135 cm³/mol. The predicted octanol–water partition coefficient (Wildman–Crippen LogP) is 6.81. The highest BCUT2D eigenvalue weighted by molar-refractivity contribution is 9.10. The molecule has 3 aromatic rings. The average molecular weight is 512 g/mol. The maximum Gasteiger partial charge on any atom is 0.272 e. The summed E-state index contributed by atoms with van der Waals surface area (Å²) in [7, 11) is 0. The summed E-state index contributed by atoms with van der Waals surface area (Å²) < 4.78 is 0.919. The van der Waals surface area contributed by atoms with E-state index in [0.717, 1.165) is 15.6 Å². The second kappa shape index (κ2) is 10.2. The number of halogens is 2. The summed E-state index contributed by atoms with van der Waals surface area (Å²) in [6.45, 7) is 6.34. The van der Waals surface area contributed by atoms with Crippen LogP contribution in [-0.4, -0.2) is 11.8 Å². The Bertz CT molecular complexity index is 1150. The molecule has 164 valence electrons. The zero-order chi connectivity index (χ0) is 23.3. The number of anilines is 1. The number of carbonyl (C=O) groups excluding carboxylic acids is 2. The summed E-state index contributed by atoms with van der Waals surface area (Å²) in [4.78, 5) is 25.9. The van der Waals surface area contributed by atoms with Crippen molar-refractivity contribution in [1.29, 1.82) is 0 Å². The molecule has 0 saturated carbocycles. The number of nitrogens with one attached hydrogen (secondary N) is 2. The highest BCUT2D eigenvalue weighted by atomic mass is 79.9. The van der Waals surface area contributed by atoms with E-state index in [1.807, 2.05) is 36.4 Å². The van der Waals surface area contributed by atoms with Crippen LogP contribution in [0.1, 0.15) is 42.3 Å². The highest BCUT2D eigenvalue weighted by Gasteiger charge is 2.17. The van der Waals surface area contributed by atoms with Crippen molar-refractivity contribution in [1.82, 2.24) is 5.32 Å². The number of hydrogen-bond acceptors (Lipinski definition) is 2. The van der Waals surface area contributed by atoms with Crippen LogP contribution in [0.5, 0.6) is 0 Å². The molecule has 0 aliphatic rings. The van der Waals surface area contributed by atoms with Crippen LogP contribution in [0.15, 0.2) is 83.0 Å². The molecular weight excluding hydrogens is 488 g/mol. The Morgan fingerprint density at radius 3 is 2.19 bits per heavy atom. The van der Waals surface area contributed by atoms with Gasteiger partial charge in [0.25, 0.3) is 11.8 Å². The van der Waals surface area contributed by atoms with Crippen molar-refractivity contribution >= 4 is 51.1 Å². The van der Waals surface area contributed by atoms with E-state index in [4.69, 9.17) is 11.6 Å². The maximum absolute atomic E-state index is 13.0. The largest absolute Gasteiger partial charge is 0.321 e. The third-order valence-corrected chi connectivity index (χ3v) is 5.53. The van der Waals surface area contributed by atoms with Gasteiger partial charge in [-0.1, -0.05) is 78.6 Å². The molecular formula is C26H24BrClN2O2. The zero-order valence-corrected chi connectivity index (χ0v) is 20.4. The minimum Gasteiger partial charge on any atom is -0.321 e. The van der Waals surface area contributed by atoms with Crippen LogP contribution in [-0.2, 0) is 10.2 Å². The van der Waals surface area contributed by atoms with Gasteiger partial charge in [-0.05, 0) is 65.1 Å². The van der Waals surface area contributed by atoms with Crippen LogP contribution in [0.3, 0.4) is 0 Å². The SMILES string of the molecule is CC(C)(C)c1ccc(C(=O)N/C(=C/c2ccc(Br)cc2)C(=O)Nc2cccc(Cl)c2)cc1. The number of rotatable bonds is 5. The normalized spacial score (nSPS) is 11.7.